The number of methoxy groups -OCH3 is 1. The van der Waals surface area contributed by atoms with Crippen LogP contribution < -0.4 is 25.6 Å². The second-order valence-electron chi connectivity index (χ2n) is 7.35. The predicted octanol–water partition coefficient (Wildman–Crippen LogP) is 4.42. The fourth-order valence-corrected chi connectivity index (χ4v) is 3.59. The molecule has 4 rings (SSSR count). The molecule has 0 spiro atoms. The van der Waals surface area contributed by atoms with Gasteiger partial charge in [0.15, 0.2) is 5.82 Å². The second-order valence-corrected chi connectivity index (χ2v) is 7.76. The normalized spacial score (nSPS) is 13.4. The average molecular weight is 469 g/mol. The summed E-state index contributed by atoms with van der Waals surface area (Å²) in [7, 11) is 1.62. The number of hydrogen-bond donors (Lipinski definition) is 3. The maximum absolute atomic E-state index is 11.5. The first-order valence-corrected chi connectivity index (χ1v) is 10.8. The largest absolute Gasteiger partial charge is 0.494 e. The molecule has 0 saturated carbocycles. The molecule has 10 heteroatoms. The number of ether oxygens (including phenoxy) is 2. The van der Waals surface area contributed by atoms with Crippen LogP contribution in [-0.2, 0) is 9.53 Å². The molecule has 0 unspecified atom stereocenters. The zero-order valence-electron chi connectivity index (χ0n) is 18.4. The molecule has 1 fully saturated rings. The van der Waals surface area contributed by atoms with Crippen molar-refractivity contribution in [3.8, 4) is 5.75 Å². The smallest absolute Gasteiger partial charge is 0.229 e. The van der Waals surface area contributed by atoms with Crippen molar-refractivity contribution >= 4 is 52.0 Å². The van der Waals surface area contributed by atoms with E-state index in [4.69, 9.17) is 21.1 Å². The topological polar surface area (TPSA) is 101 Å². The lowest BCUT2D eigenvalue weighted by atomic mass is 10.2. The summed E-state index contributed by atoms with van der Waals surface area (Å²) in [6.07, 6.45) is 1.51. The molecule has 9 nitrogen and oxygen atoms in total. The first-order chi connectivity index (χ1) is 16.0. The molecule has 3 N–H and O–H groups in total. The van der Waals surface area contributed by atoms with Crippen molar-refractivity contribution < 1.29 is 14.3 Å². The van der Waals surface area contributed by atoms with Gasteiger partial charge in [0.05, 0.1) is 43.6 Å². The summed E-state index contributed by atoms with van der Waals surface area (Å²) in [5.41, 5.74) is 3.07. The number of aromatic nitrogens is 2. The van der Waals surface area contributed by atoms with Crippen LogP contribution in [0.5, 0.6) is 5.75 Å². The van der Waals surface area contributed by atoms with E-state index < -0.39 is 0 Å². The number of carbonyl (C=O) groups is 1. The number of nitrogens with one attached hydrogen (secondary N) is 3. The SMILES string of the molecule is COc1cc(N2CCOCC2)ccc1Nc1ncc(Cl)c(Nc2ccccc2NC(C)=O)n1. The van der Waals surface area contributed by atoms with E-state index in [1.54, 1.807) is 13.2 Å². The summed E-state index contributed by atoms with van der Waals surface area (Å²) in [4.78, 5) is 22.6. The van der Waals surface area contributed by atoms with Crippen molar-refractivity contribution in [2.24, 2.45) is 0 Å². The average Bonchev–Trinajstić information content (AvgIpc) is 2.83. The minimum atomic E-state index is -0.173. The van der Waals surface area contributed by atoms with Gasteiger partial charge in [-0.2, -0.15) is 4.98 Å². The number of carbonyl (C=O) groups excluding carboxylic acids is 1. The summed E-state index contributed by atoms with van der Waals surface area (Å²) in [5.74, 6) is 1.24. The lowest BCUT2D eigenvalue weighted by Crippen LogP contribution is -2.36. The van der Waals surface area contributed by atoms with E-state index in [0.717, 1.165) is 24.5 Å². The molecule has 0 aliphatic carbocycles. The molecule has 1 aliphatic heterocycles. The van der Waals surface area contributed by atoms with Crippen molar-refractivity contribution in [3.63, 3.8) is 0 Å². The van der Waals surface area contributed by atoms with Gasteiger partial charge in [-0.05, 0) is 24.3 Å². The third-order valence-electron chi connectivity index (χ3n) is 5.04. The van der Waals surface area contributed by atoms with Crippen molar-refractivity contribution in [1.82, 2.24) is 9.97 Å². The third kappa shape index (κ3) is 5.63. The number of para-hydroxylation sites is 2. The van der Waals surface area contributed by atoms with Crippen LogP contribution in [0.15, 0.2) is 48.7 Å². The van der Waals surface area contributed by atoms with Gasteiger partial charge in [-0.3, -0.25) is 4.79 Å². The van der Waals surface area contributed by atoms with Crippen LogP contribution in [-0.4, -0.2) is 49.3 Å². The number of halogens is 1. The maximum atomic E-state index is 11.5. The molecule has 1 aliphatic rings. The van der Waals surface area contributed by atoms with E-state index in [9.17, 15) is 4.79 Å². The zero-order chi connectivity index (χ0) is 23.2. The first kappa shape index (κ1) is 22.6. The number of hydrogen-bond acceptors (Lipinski definition) is 8. The summed E-state index contributed by atoms with van der Waals surface area (Å²) in [6.45, 7) is 4.55. The molecule has 3 aromatic rings. The van der Waals surface area contributed by atoms with Crippen molar-refractivity contribution in [1.29, 1.82) is 0 Å². The summed E-state index contributed by atoms with van der Waals surface area (Å²) in [6, 6.07) is 13.2. The van der Waals surface area contributed by atoms with Crippen LogP contribution >= 0.6 is 11.6 Å². The van der Waals surface area contributed by atoms with Gasteiger partial charge < -0.3 is 30.3 Å². The Morgan fingerprint density at radius 3 is 2.58 bits per heavy atom. The van der Waals surface area contributed by atoms with Crippen molar-refractivity contribution in [3.05, 3.63) is 53.7 Å². The Bertz CT molecular complexity index is 1140. The highest BCUT2D eigenvalue weighted by Crippen LogP contribution is 2.33. The molecule has 33 heavy (non-hydrogen) atoms. The number of anilines is 6. The molecule has 0 bridgehead atoms. The molecule has 2 heterocycles. The molecule has 2 aromatic carbocycles. The van der Waals surface area contributed by atoms with Crippen LogP contribution in [0, 0.1) is 0 Å². The van der Waals surface area contributed by atoms with Crippen LogP contribution in [0.2, 0.25) is 5.02 Å². The quantitative estimate of drug-likeness (QED) is 0.468. The van der Waals surface area contributed by atoms with Crippen LogP contribution in [0.4, 0.5) is 34.5 Å². The van der Waals surface area contributed by atoms with Crippen LogP contribution in [0.25, 0.3) is 0 Å². The number of amides is 1. The summed E-state index contributed by atoms with van der Waals surface area (Å²) < 4.78 is 11.0. The number of morpholine rings is 1. The van der Waals surface area contributed by atoms with Gasteiger partial charge in [-0.1, -0.05) is 23.7 Å². The van der Waals surface area contributed by atoms with Gasteiger partial charge >= 0.3 is 0 Å². The molecular weight excluding hydrogens is 444 g/mol. The van der Waals surface area contributed by atoms with E-state index in [-0.39, 0.29) is 5.91 Å². The molecule has 172 valence electrons. The Morgan fingerprint density at radius 2 is 1.85 bits per heavy atom. The Labute approximate surface area is 197 Å². The number of rotatable bonds is 7. The highest BCUT2D eigenvalue weighted by molar-refractivity contribution is 6.33. The van der Waals surface area contributed by atoms with Gasteiger partial charge in [0, 0.05) is 31.8 Å². The fourth-order valence-electron chi connectivity index (χ4n) is 3.46. The predicted molar refractivity (Wildman–Crippen MR) is 130 cm³/mol. The Morgan fingerprint density at radius 1 is 1.09 bits per heavy atom. The summed E-state index contributed by atoms with van der Waals surface area (Å²) >= 11 is 6.33. The van der Waals surface area contributed by atoms with E-state index >= 15 is 0 Å². The van der Waals surface area contributed by atoms with E-state index in [2.05, 4.69) is 30.8 Å². The third-order valence-corrected chi connectivity index (χ3v) is 5.32. The van der Waals surface area contributed by atoms with Gasteiger partial charge in [-0.15, -0.1) is 0 Å². The number of nitrogens with zero attached hydrogens (tertiary/aromatic N) is 3. The minimum Gasteiger partial charge on any atom is -0.494 e. The lowest BCUT2D eigenvalue weighted by molar-refractivity contribution is -0.114. The minimum absolute atomic E-state index is 0.173. The van der Waals surface area contributed by atoms with E-state index in [0.29, 0.717) is 47.1 Å². The first-order valence-electron chi connectivity index (χ1n) is 10.5. The standard InChI is InChI=1S/C23H25ClN6O3/c1-15(31)26-18-5-3-4-6-19(18)27-22-17(24)14-25-23(29-22)28-20-8-7-16(13-21(20)32-2)30-9-11-33-12-10-30/h3-8,13-14H,9-12H2,1-2H3,(H,26,31)(H2,25,27,28,29). The highest BCUT2D eigenvalue weighted by Gasteiger charge is 2.15. The van der Waals surface area contributed by atoms with Crippen LogP contribution in [0.3, 0.4) is 0 Å². The van der Waals surface area contributed by atoms with Crippen molar-refractivity contribution in [2.75, 3.05) is 54.3 Å². The molecule has 0 atom stereocenters. The Balaban J connectivity index is 1.55. The lowest BCUT2D eigenvalue weighted by Gasteiger charge is -2.29. The molecule has 1 aromatic heterocycles. The van der Waals surface area contributed by atoms with E-state index in [1.165, 1.54) is 13.1 Å². The molecule has 0 radical (unpaired) electrons. The Kier molecular flexibility index (Phi) is 7.11. The molecule has 1 saturated heterocycles. The van der Waals surface area contributed by atoms with Gasteiger partial charge in [-0.25, -0.2) is 4.98 Å². The van der Waals surface area contributed by atoms with Crippen LogP contribution in [0.1, 0.15) is 6.92 Å². The molecular formula is C23H25ClN6O3. The monoisotopic (exact) mass is 468 g/mol. The second kappa shape index (κ2) is 10.4. The maximum Gasteiger partial charge on any atom is 0.229 e. The van der Waals surface area contributed by atoms with Gasteiger partial charge in [0.1, 0.15) is 10.8 Å². The highest BCUT2D eigenvalue weighted by atomic mass is 35.5. The molecule has 1 amide bonds. The van der Waals surface area contributed by atoms with Gasteiger partial charge in [0.2, 0.25) is 11.9 Å². The van der Waals surface area contributed by atoms with E-state index in [1.807, 2.05) is 36.4 Å². The zero-order valence-corrected chi connectivity index (χ0v) is 19.1. The fraction of sp³-hybridized carbons (Fsp3) is 0.261. The van der Waals surface area contributed by atoms with Gasteiger partial charge in [0.25, 0.3) is 0 Å². The Hall–Kier alpha value is -3.56. The summed E-state index contributed by atoms with van der Waals surface area (Å²) in [5, 5.41) is 9.48. The number of benzene rings is 2. The van der Waals surface area contributed by atoms with Crippen molar-refractivity contribution in [2.45, 2.75) is 6.92 Å².